The second kappa shape index (κ2) is 11.9. The molecule has 0 aliphatic heterocycles. The number of hydrogen-bond acceptors (Lipinski definition) is 5. The molecule has 0 saturated heterocycles. The van der Waals surface area contributed by atoms with E-state index in [-0.39, 0.29) is 11.8 Å². The maximum Gasteiger partial charge on any atom is 0.323 e. The van der Waals surface area contributed by atoms with Gasteiger partial charge >= 0.3 is 12.0 Å². The number of nitrogens with zero attached hydrogens (tertiary/aromatic N) is 2. The molecule has 168 valence electrons. The van der Waals surface area contributed by atoms with Crippen molar-refractivity contribution in [2.45, 2.75) is 87.8 Å². The molecule has 1 aromatic rings. The second-order valence-corrected chi connectivity index (χ2v) is 11.0. The minimum Gasteiger partial charge on any atom is -0.481 e. The quantitative estimate of drug-likeness (QED) is 0.442. The highest BCUT2D eigenvalue weighted by atomic mass is 32.2. The van der Waals surface area contributed by atoms with Crippen LogP contribution in [0.15, 0.2) is 10.4 Å². The molecule has 0 radical (unpaired) electrons. The predicted molar refractivity (Wildman–Crippen MR) is 123 cm³/mol. The van der Waals surface area contributed by atoms with Crippen LogP contribution in [0.3, 0.4) is 0 Å². The molecule has 2 N–H and O–H groups in total. The highest BCUT2D eigenvalue weighted by molar-refractivity contribution is 8.01. The molecular formula is C22H35N3O3S2. The first kappa shape index (κ1) is 23.4. The minimum absolute atomic E-state index is 0.00373. The van der Waals surface area contributed by atoms with Crippen LogP contribution in [0.25, 0.3) is 0 Å². The molecule has 2 amide bonds. The zero-order valence-electron chi connectivity index (χ0n) is 18.0. The highest BCUT2D eigenvalue weighted by Gasteiger charge is 2.29. The highest BCUT2D eigenvalue weighted by Crippen LogP contribution is 2.33. The van der Waals surface area contributed by atoms with Crippen LogP contribution in [-0.2, 0) is 4.79 Å². The van der Waals surface area contributed by atoms with Gasteiger partial charge in [0.2, 0.25) is 0 Å². The summed E-state index contributed by atoms with van der Waals surface area (Å²) >= 11 is 2.58. The SMILES string of the molecule is CCC1CCC(N(CCC2CCCCC2)C(=O)Nc2ncc(SCC(=O)O)s2)CC1. The molecule has 2 aliphatic carbocycles. The number of carboxylic acids is 1. The van der Waals surface area contributed by atoms with Crippen molar-refractivity contribution in [3.8, 4) is 0 Å². The number of carbonyl (C=O) groups is 2. The Morgan fingerprint density at radius 1 is 1.17 bits per heavy atom. The molecule has 0 spiro atoms. The van der Waals surface area contributed by atoms with E-state index >= 15 is 0 Å². The fourth-order valence-corrected chi connectivity index (χ4v) is 6.37. The molecule has 1 heterocycles. The van der Waals surface area contributed by atoms with Crippen LogP contribution in [0.5, 0.6) is 0 Å². The van der Waals surface area contributed by atoms with E-state index in [1.807, 2.05) is 0 Å². The average molecular weight is 454 g/mol. The predicted octanol–water partition coefficient (Wildman–Crippen LogP) is 6.09. The van der Waals surface area contributed by atoms with Crippen molar-refractivity contribution >= 4 is 40.2 Å². The van der Waals surface area contributed by atoms with Crippen molar-refractivity contribution < 1.29 is 14.7 Å². The van der Waals surface area contributed by atoms with Gasteiger partial charge in [-0.15, -0.1) is 11.8 Å². The van der Waals surface area contributed by atoms with Crippen LogP contribution in [0.4, 0.5) is 9.93 Å². The van der Waals surface area contributed by atoms with Gasteiger partial charge in [0.25, 0.3) is 0 Å². The number of nitrogens with one attached hydrogen (secondary N) is 1. The van der Waals surface area contributed by atoms with Crippen LogP contribution in [-0.4, -0.2) is 45.3 Å². The molecule has 2 saturated carbocycles. The van der Waals surface area contributed by atoms with Crippen molar-refractivity contribution in [3.63, 3.8) is 0 Å². The lowest BCUT2D eigenvalue weighted by molar-refractivity contribution is -0.133. The van der Waals surface area contributed by atoms with E-state index in [0.717, 1.165) is 41.9 Å². The summed E-state index contributed by atoms with van der Waals surface area (Å²) < 4.78 is 0.810. The van der Waals surface area contributed by atoms with Crippen LogP contribution >= 0.6 is 23.1 Å². The number of aliphatic carboxylic acids is 1. The lowest BCUT2D eigenvalue weighted by Crippen LogP contribution is -2.45. The minimum atomic E-state index is -0.851. The van der Waals surface area contributed by atoms with Gasteiger partial charge < -0.3 is 10.0 Å². The fourth-order valence-electron chi connectivity index (χ4n) is 4.79. The summed E-state index contributed by atoms with van der Waals surface area (Å²) in [6, 6.07) is 0.270. The van der Waals surface area contributed by atoms with Gasteiger partial charge in [-0.1, -0.05) is 56.8 Å². The van der Waals surface area contributed by atoms with E-state index in [0.29, 0.717) is 11.2 Å². The van der Waals surface area contributed by atoms with E-state index in [9.17, 15) is 9.59 Å². The van der Waals surface area contributed by atoms with Crippen molar-refractivity contribution in [3.05, 3.63) is 6.20 Å². The summed E-state index contributed by atoms with van der Waals surface area (Å²) in [7, 11) is 0. The first-order chi connectivity index (χ1) is 14.5. The number of hydrogen-bond donors (Lipinski definition) is 2. The number of carbonyl (C=O) groups excluding carboxylic acids is 1. The molecule has 0 unspecified atom stereocenters. The molecular weight excluding hydrogens is 418 g/mol. The number of aromatic nitrogens is 1. The number of thiazole rings is 1. The molecule has 0 aromatic carbocycles. The molecule has 0 bridgehead atoms. The Labute approximate surface area is 188 Å². The fraction of sp³-hybridized carbons (Fsp3) is 0.773. The summed E-state index contributed by atoms with van der Waals surface area (Å²) in [6.07, 6.45) is 15.2. The van der Waals surface area contributed by atoms with Crippen molar-refractivity contribution in [1.29, 1.82) is 0 Å². The van der Waals surface area contributed by atoms with E-state index in [4.69, 9.17) is 5.11 Å². The zero-order valence-corrected chi connectivity index (χ0v) is 19.6. The van der Waals surface area contributed by atoms with Gasteiger partial charge in [0.1, 0.15) is 0 Å². The third-order valence-corrected chi connectivity index (χ3v) is 8.73. The maximum absolute atomic E-state index is 13.2. The first-order valence-corrected chi connectivity index (χ1v) is 13.2. The van der Waals surface area contributed by atoms with Crippen LogP contribution in [0.1, 0.15) is 77.6 Å². The number of carboxylic acid groups (broad SMARTS) is 1. The van der Waals surface area contributed by atoms with E-state index < -0.39 is 5.97 Å². The Hall–Kier alpha value is -1.28. The molecule has 6 nitrogen and oxygen atoms in total. The third-order valence-electron chi connectivity index (χ3n) is 6.63. The van der Waals surface area contributed by atoms with E-state index in [1.54, 1.807) is 6.20 Å². The lowest BCUT2D eigenvalue weighted by Gasteiger charge is -2.37. The largest absolute Gasteiger partial charge is 0.481 e. The number of urea groups is 1. The van der Waals surface area contributed by atoms with E-state index in [1.165, 1.54) is 74.5 Å². The summed E-state index contributed by atoms with van der Waals surface area (Å²) in [5, 5.41) is 12.4. The number of thioether (sulfide) groups is 1. The third kappa shape index (κ3) is 7.15. The van der Waals surface area contributed by atoms with Crippen LogP contribution in [0.2, 0.25) is 0 Å². The summed E-state index contributed by atoms with van der Waals surface area (Å²) in [6.45, 7) is 3.09. The molecule has 0 atom stereocenters. The topological polar surface area (TPSA) is 82.5 Å². The van der Waals surface area contributed by atoms with Gasteiger partial charge in [0.15, 0.2) is 5.13 Å². The van der Waals surface area contributed by atoms with E-state index in [2.05, 4.69) is 22.1 Å². The maximum atomic E-state index is 13.2. The normalized spacial score (nSPS) is 22.6. The number of rotatable bonds is 9. The Morgan fingerprint density at radius 2 is 1.90 bits per heavy atom. The molecule has 2 aliphatic rings. The molecule has 1 aromatic heterocycles. The second-order valence-electron chi connectivity index (χ2n) is 8.67. The molecule has 8 heteroatoms. The molecule has 2 fully saturated rings. The Bertz CT molecular complexity index is 683. The molecule has 30 heavy (non-hydrogen) atoms. The van der Waals surface area contributed by atoms with Crippen molar-refractivity contribution in [2.75, 3.05) is 17.6 Å². The standard InChI is InChI=1S/C22H35N3O3S2/c1-2-16-8-10-18(11-9-16)25(13-12-17-6-4-3-5-7-17)22(28)24-21-23-14-20(30-21)29-15-19(26)27/h14,16-18H,2-13,15H2,1H3,(H,26,27)(H,23,24,28). The lowest BCUT2D eigenvalue weighted by atomic mass is 9.83. The summed E-state index contributed by atoms with van der Waals surface area (Å²) in [4.78, 5) is 30.3. The van der Waals surface area contributed by atoms with Gasteiger partial charge in [-0.3, -0.25) is 10.1 Å². The van der Waals surface area contributed by atoms with Crippen LogP contribution < -0.4 is 5.32 Å². The first-order valence-electron chi connectivity index (χ1n) is 11.4. The average Bonchev–Trinajstić information content (AvgIpc) is 3.21. The monoisotopic (exact) mass is 453 g/mol. The zero-order chi connectivity index (χ0) is 21.3. The van der Waals surface area contributed by atoms with Gasteiger partial charge in [0.05, 0.1) is 16.2 Å². The van der Waals surface area contributed by atoms with Gasteiger partial charge in [-0.25, -0.2) is 9.78 Å². The van der Waals surface area contributed by atoms with Crippen molar-refractivity contribution in [1.82, 2.24) is 9.88 Å². The van der Waals surface area contributed by atoms with Crippen LogP contribution in [0, 0.1) is 11.8 Å². The van der Waals surface area contributed by atoms with Gasteiger partial charge in [-0.05, 0) is 43.9 Å². The Balaban J connectivity index is 1.59. The summed E-state index contributed by atoms with van der Waals surface area (Å²) in [5.74, 6) is 0.705. The van der Waals surface area contributed by atoms with Gasteiger partial charge in [0, 0.05) is 12.6 Å². The Kier molecular flexibility index (Phi) is 9.30. The molecule has 3 rings (SSSR count). The smallest absolute Gasteiger partial charge is 0.323 e. The number of anilines is 1. The van der Waals surface area contributed by atoms with Gasteiger partial charge in [-0.2, -0.15) is 0 Å². The van der Waals surface area contributed by atoms with Crippen molar-refractivity contribution in [2.24, 2.45) is 11.8 Å². The number of amides is 2. The summed E-state index contributed by atoms with van der Waals surface area (Å²) in [5.41, 5.74) is 0. The Morgan fingerprint density at radius 3 is 2.57 bits per heavy atom.